The van der Waals surface area contributed by atoms with Crippen LogP contribution in [0.4, 0.5) is 0 Å². The molecule has 2 unspecified atom stereocenters. The summed E-state index contributed by atoms with van der Waals surface area (Å²) >= 11 is 4.58. The molecule has 0 heterocycles. The molecular weight excluding hydrogens is 972 g/mol. The quantitative estimate of drug-likeness (QED) is 0.0240. The Kier molecular flexibility index (Phi) is 63.6. The Bertz CT molecular complexity index is 1030. The molecule has 0 aliphatic heterocycles. The Morgan fingerprint density at radius 1 is 0.392 bits per heavy atom. The largest absolute Gasteiger partial charge is 0.405 e. The van der Waals surface area contributed by atoms with Crippen LogP contribution in [0.1, 0.15) is 322 Å². The van der Waals surface area contributed by atoms with Crippen molar-refractivity contribution in [3.63, 3.8) is 0 Å². The minimum atomic E-state index is -3.32. The second-order valence-electron chi connectivity index (χ2n) is 23.5. The topological polar surface area (TPSA) is 88.0 Å². The van der Waals surface area contributed by atoms with Gasteiger partial charge in [0.15, 0.2) is 0 Å². The Morgan fingerprint density at radius 3 is 0.932 bits per heavy atom. The van der Waals surface area contributed by atoms with Gasteiger partial charge in [-0.2, -0.15) is 23.5 Å². The first-order valence-corrected chi connectivity index (χ1v) is 36.2. The summed E-state index contributed by atoms with van der Waals surface area (Å²) in [5, 5.41) is 22.9. The number of likely N-dealkylation sites (N-methyl/N-ethyl adjacent to an activating group) is 1. The van der Waals surface area contributed by atoms with E-state index in [9.17, 15) is 4.57 Å². The molecule has 10 heteroatoms. The molecule has 3 N–H and O–H groups in total. The van der Waals surface area contributed by atoms with Crippen LogP contribution in [-0.2, 0) is 13.6 Å². The van der Waals surface area contributed by atoms with Crippen LogP contribution in [0.15, 0.2) is 0 Å². The molecule has 0 bridgehead atoms. The van der Waals surface area contributed by atoms with Crippen molar-refractivity contribution in [2.75, 3.05) is 72.2 Å². The van der Waals surface area contributed by atoms with Gasteiger partial charge in [-0.1, -0.05) is 258 Å². The monoisotopic (exact) mass is 1110 g/mol. The number of rotatable bonds is 64. The van der Waals surface area contributed by atoms with Gasteiger partial charge >= 0.3 is 7.75 Å². The zero-order valence-corrected chi connectivity index (χ0v) is 53.6. The van der Waals surface area contributed by atoms with Gasteiger partial charge in [0.05, 0.1) is 47.4 Å². The SMILES string of the molecule is CCCCCCCCC(CCCCCCCCCOP(=O)(NCC[N+](C)(C)C)OCCCCCCCCCC(CCCCCCCC)SCCCCCCCCCCCO)SCCCCCCCCCCCO.[CH3-]. The summed E-state index contributed by atoms with van der Waals surface area (Å²) in [6, 6.07) is 0. The standard InChI is InChI=1S/C63H132N2O5PS2.CH3/c1-6-8-10-12-30-40-50-62(72-60-48-38-28-18-14-16-24-34-44-56-66)52-42-32-22-20-26-36-46-58-69-71(68,64-54-55-65(3,4)5)70-59-47-37-27-21-23-33-43-53-63(51-41-31-13-11-9-7-2)73-61-49-39-29-19-15-17-25-35-45-57-67;/h62-63,66-67H,6-61H2,1-5H3,(H,64,68);1H3/q+1;-1. The maximum Gasteiger partial charge on any atom is 0.405 e. The molecular formula is C64H135N2O5PS2. The maximum absolute atomic E-state index is 13.8. The van der Waals surface area contributed by atoms with E-state index in [0.29, 0.717) is 33.0 Å². The van der Waals surface area contributed by atoms with E-state index in [2.05, 4.69) is 63.6 Å². The predicted molar refractivity (Wildman–Crippen MR) is 336 cm³/mol. The molecule has 0 aromatic heterocycles. The molecule has 74 heavy (non-hydrogen) atoms. The lowest BCUT2D eigenvalue weighted by Crippen LogP contribution is -2.40. The van der Waals surface area contributed by atoms with E-state index >= 15 is 0 Å². The van der Waals surface area contributed by atoms with Crippen molar-refractivity contribution in [1.82, 2.24) is 5.09 Å². The molecule has 0 saturated heterocycles. The van der Waals surface area contributed by atoms with Crippen molar-refractivity contribution in [2.45, 2.75) is 333 Å². The highest BCUT2D eigenvalue weighted by Crippen LogP contribution is 2.44. The van der Waals surface area contributed by atoms with E-state index in [4.69, 9.17) is 19.3 Å². The number of aliphatic hydroxyl groups excluding tert-OH is 2. The minimum Gasteiger partial charge on any atom is -0.396 e. The van der Waals surface area contributed by atoms with Crippen LogP contribution in [0, 0.1) is 7.43 Å². The zero-order valence-electron chi connectivity index (χ0n) is 51.1. The van der Waals surface area contributed by atoms with E-state index in [1.54, 1.807) is 0 Å². The molecule has 0 rings (SSSR count). The lowest BCUT2D eigenvalue weighted by atomic mass is 10.0. The molecule has 7 nitrogen and oxygen atoms in total. The fourth-order valence-electron chi connectivity index (χ4n) is 10.1. The van der Waals surface area contributed by atoms with E-state index in [1.165, 1.54) is 281 Å². The highest BCUT2D eigenvalue weighted by Gasteiger charge is 2.25. The third-order valence-electron chi connectivity index (χ3n) is 15.0. The van der Waals surface area contributed by atoms with E-state index in [0.717, 1.165) is 60.1 Å². The highest BCUT2D eigenvalue weighted by atomic mass is 32.2. The summed E-state index contributed by atoms with van der Waals surface area (Å²) in [6.07, 6.45) is 63.2. The summed E-state index contributed by atoms with van der Waals surface area (Å²) in [6.45, 7) is 7.83. The maximum atomic E-state index is 13.8. The molecule has 0 aromatic carbocycles. The third kappa shape index (κ3) is 60.3. The van der Waals surface area contributed by atoms with Crippen molar-refractivity contribution >= 4 is 31.3 Å². The van der Waals surface area contributed by atoms with Gasteiger partial charge in [-0.15, -0.1) is 0 Å². The first-order valence-electron chi connectivity index (χ1n) is 32.6. The second kappa shape index (κ2) is 61.3. The van der Waals surface area contributed by atoms with E-state index in [1.807, 2.05) is 0 Å². The Balaban J connectivity index is 0. The molecule has 448 valence electrons. The molecule has 0 aliphatic carbocycles. The van der Waals surface area contributed by atoms with Crippen molar-refractivity contribution in [1.29, 1.82) is 0 Å². The lowest BCUT2D eigenvalue weighted by Gasteiger charge is -2.25. The number of aliphatic hydroxyl groups is 2. The van der Waals surface area contributed by atoms with Gasteiger partial charge in [0, 0.05) is 23.7 Å². The van der Waals surface area contributed by atoms with Crippen molar-refractivity contribution in [3.05, 3.63) is 7.43 Å². The first kappa shape index (κ1) is 76.8. The lowest BCUT2D eigenvalue weighted by molar-refractivity contribution is -0.869. The van der Waals surface area contributed by atoms with Crippen molar-refractivity contribution < 1.29 is 28.3 Å². The van der Waals surface area contributed by atoms with Crippen LogP contribution < -0.4 is 5.09 Å². The normalized spacial score (nSPS) is 13.6. The van der Waals surface area contributed by atoms with Gasteiger partial charge in [0.2, 0.25) is 0 Å². The van der Waals surface area contributed by atoms with Crippen LogP contribution in [-0.4, -0.2) is 97.4 Å². The fourth-order valence-corrected chi connectivity index (χ4v) is 14.2. The summed E-state index contributed by atoms with van der Waals surface area (Å²) in [5.41, 5.74) is 0. The number of nitrogens with one attached hydrogen (secondary N) is 1. The van der Waals surface area contributed by atoms with Gasteiger partial charge in [0.25, 0.3) is 0 Å². The van der Waals surface area contributed by atoms with E-state index < -0.39 is 7.75 Å². The number of nitrogens with zero attached hydrogens (tertiary/aromatic N) is 1. The molecule has 0 saturated carbocycles. The summed E-state index contributed by atoms with van der Waals surface area (Å²) in [4.78, 5) is 0. The smallest absolute Gasteiger partial charge is 0.396 e. The first-order chi connectivity index (χ1) is 35.7. The molecule has 0 fully saturated rings. The third-order valence-corrected chi connectivity index (χ3v) is 19.6. The average Bonchev–Trinajstić information content (AvgIpc) is 3.37. The van der Waals surface area contributed by atoms with Crippen molar-refractivity contribution in [2.24, 2.45) is 0 Å². The summed E-state index contributed by atoms with van der Waals surface area (Å²) in [7, 11) is 3.18. The molecule has 0 amide bonds. The fraction of sp³-hybridized carbons (Fsp3) is 0.984. The van der Waals surface area contributed by atoms with Gasteiger partial charge in [-0.25, -0.2) is 9.65 Å². The molecule has 0 aliphatic rings. The van der Waals surface area contributed by atoms with Gasteiger partial charge < -0.3 is 22.1 Å². The number of quaternary nitrogens is 1. The van der Waals surface area contributed by atoms with Crippen LogP contribution >= 0.6 is 31.3 Å². The van der Waals surface area contributed by atoms with E-state index in [-0.39, 0.29) is 7.43 Å². The minimum absolute atomic E-state index is 0. The number of hydrogen-bond donors (Lipinski definition) is 3. The highest BCUT2D eigenvalue weighted by molar-refractivity contribution is 8.00. The van der Waals surface area contributed by atoms with Crippen LogP contribution in [0.2, 0.25) is 0 Å². The van der Waals surface area contributed by atoms with Crippen molar-refractivity contribution in [3.8, 4) is 0 Å². The number of unbranched alkanes of at least 4 members (excludes halogenated alkanes) is 38. The average molecular weight is 1110 g/mol. The molecule has 0 aromatic rings. The molecule has 0 radical (unpaired) electrons. The summed E-state index contributed by atoms with van der Waals surface area (Å²) < 4.78 is 26.8. The number of thioether (sulfide) groups is 2. The Morgan fingerprint density at radius 2 is 0.649 bits per heavy atom. The van der Waals surface area contributed by atoms with Gasteiger partial charge in [-0.3, -0.25) is 9.05 Å². The number of hydrogen-bond acceptors (Lipinski definition) is 7. The molecule has 0 spiro atoms. The van der Waals surface area contributed by atoms with Gasteiger partial charge in [0.1, 0.15) is 0 Å². The Labute approximate surface area is 474 Å². The van der Waals surface area contributed by atoms with Gasteiger partial charge in [-0.05, 0) is 75.7 Å². The van der Waals surface area contributed by atoms with Crippen LogP contribution in [0.5, 0.6) is 0 Å². The van der Waals surface area contributed by atoms with Crippen LogP contribution in [0.3, 0.4) is 0 Å². The van der Waals surface area contributed by atoms with Crippen LogP contribution in [0.25, 0.3) is 0 Å². The second-order valence-corrected chi connectivity index (χ2v) is 28.2. The zero-order chi connectivity index (χ0) is 53.3. The predicted octanol–water partition coefficient (Wildman–Crippen LogP) is 20.8. The summed E-state index contributed by atoms with van der Waals surface area (Å²) in [5.74, 6) is 2.69. The Hall–Kier alpha value is 0.690. The molecule has 2 atom stereocenters.